The molecule has 0 unspecified atom stereocenters. The van der Waals surface area contributed by atoms with Crippen LogP contribution in [0.2, 0.25) is 0 Å². The summed E-state index contributed by atoms with van der Waals surface area (Å²) < 4.78 is 15.2. The summed E-state index contributed by atoms with van der Waals surface area (Å²) in [5, 5.41) is 6.41. The topological polar surface area (TPSA) is 99.4 Å². The maximum Gasteiger partial charge on any atom is 0.227 e. The molecule has 0 spiro atoms. The lowest BCUT2D eigenvalue weighted by molar-refractivity contribution is -0.116. The number of aromatic nitrogens is 3. The molecule has 0 aliphatic heterocycles. The van der Waals surface area contributed by atoms with Gasteiger partial charge in [0.05, 0.1) is 18.5 Å². The van der Waals surface area contributed by atoms with Crippen molar-refractivity contribution < 1.29 is 18.8 Å². The third-order valence-corrected chi connectivity index (χ3v) is 2.69. The van der Waals surface area contributed by atoms with Crippen LogP contribution in [-0.4, -0.2) is 41.4 Å². The summed E-state index contributed by atoms with van der Waals surface area (Å²) in [6, 6.07) is 3.41. The Morgan fingerprint density at radius 3 is 2.86 bits per heavy atom. The molecule has 0 aliphatic carbocycles. The Morgan fingerprint density at radius 1 is 1.36 bits per heavy atom. The molecule has 1 amide bonds. The van der Waals surface area contributed by atoms with Crippen LogP contribution in [0.15, 0.2) is 22.9 Å². The summed E-state index contributed by atoms with van der Waals surface area (Å²) in [7, 11) is 1.60. The van der Waals surface area contributed by atoms with Crippen molar-refractivity contribution in [3.05, 3.63) is 30.0 Å². The standard InChI is InChI=1S/C14H18N4O4/c1-10-16-14(22-18-10)6-4-12(19)17-11-3-5-13(15-9-11)21-8-7-20-2/h3,5,9H,4,6-8H2,1-2H3,(H,17,19). The smallest absolute Gasteiger partial charge is 0.227 e. The van der Waals surface area contributed by atoms with Crippen LogP contribution >= 0.6 is 0 Å². The van der Waals surface area contributed by atoms with Crippen molar-refractivity contribution in [3.63, 3.8) is 0 Å². The number of anilines is 1. The maximum absolute atomic E-state index is 11.8. The van der Waals surface area contributed by atoms with E-state index in [1.807, 2.05) is 0 Å². The normalized spacial score (nSPS) is 10.5. The summed E-state index contributed by atoms with van der Waals surface area (Å²) in [6.45, 7) is 2.66. The average Bonchev–Trinajstić information content (AvgIpc) is 2.93. The molecule has 0 saturated carbocycles. The van der Waals surface area contributed by atoms with Crippen molar-refractivity contribution in [2.45, 2.75) is 19.8 Å². The second kappa shape index (κ2) is 8.08. The van der Waals surface area contributed by atoms with E-state index >= 15 is 0 Å². The van der Waals surface area contributed by atoms with Crippen LogP contribution in [0.4, 0.5) is 5.69 Å². The summed E-state index contributed by atoms with van der Waals surface area (Å²) in [5.41, 5.74) is 0.603. The van der Waals surface area contributed by atoms with E-state index in [2.05, 4.69) is 20.4 Å². The number of hydrogen-bond acceptors (Lipinski definition) is 7. The zero-order valence-electron chi connectivity index (χ0n) is 12.5. The molecule has 0 bridgehead atoms. The molecule has 2 aromatic rings. The number of nitrogens with zero attached hydrogens (tertiary/aromatic N) is 3. The van der Waals surface area contributed by atoms with Crippen molar-refractivity contribution in [3.8, 4) is 5.88 Å². The van der Waals surface area contributed by atoms with Gasteiger partial charge in [-0.1, -0.05) is 5.16 Å². The van der Waals surface area contributed by atoms with Gasteiger partial charge in [0.1, 0.15) is 6.61 Å². The van der Waals surface area contributed by atoms with E-state index in [1.165, 1.54) is 6.20 Å². The maximum atomic E-state index is 11.8. The van der Waals surface area contributed by atoms with Gasteiger partial charge in [-0.2, -0.15) is 4.98 Å². The quantitative estimate of drug-likeness (QED) is 0.735. The summed E-state index contributed by atoms with van der Waals surface area (Å²) in [5.74, 6) is 1.35. The number of carbonyl (C=O) groups is 1. The molecule has 8 heteroatoms. The highest BCUT2D eigenvalue weighted by Gasteiger charge is 2.08. The molecule has 2 heterocycles. The van der Waals surface area contributed by atoms with E-state index in [4.69, 9.17) is 14.0 Å². The van der Waals surface area contributed by atoms with E-state index in [-0.39, 0.29) is 12.3 Å². The first-order chi connectivity index (χ1) is 10.7. The lowest BCUT2D eigenvalue weighted by Crippen LogP contribution is -2.12. The minimum absolute atomic E-state index is 0.147. The molecule has 0 saturated heterocycles. The Kier molecular flexibility index (Phi) is 5.84. The largest absolute Gasteiger partial charge is 0.475 e. The van der Waals surface area contributed by atoms with Crippen LogP contribution < -0.4 is 10.1 Å². The third-order valence-electron chi connectivity index (χ3n) is 2.69. The second-order valence-electron chi connectivity index (χ2n) is 4.51. The van der Waals surface area contributed by atoms with Crippen molar-refractivity contribution >= 4 is 11.6 Å². The molecular weight excluding hydrogens is 288 g/mol. The van der Waals surface area contributed by atoms with Gasteiger partial charge in [0.2, 0.25) is 17.7 Å². The number of aryl methyl sites for hydroxylation is 2. The van der Waals surface area contributed by atoms with Gasteiger partial charge in [-0.25, -0.2) is 4.98 Å². The Bertz CT molecular complexity index is 597. The Balaban J connectivity index is 1.76. The molecule has 0 atom stereocenters. The molecule has 0 fully saturated rings. The molecule has 118 valence electrons. The van der Waals surface area contributed by atoms with Gasteiger partial charge in [-0.15, -0.1) is 0 Å². The zero-order chi connectivity index (χ0) is 15.8. The van der Waals surface area contributed by atoms with Crippen LogP contribution in [-0.2, 0) is 16.0 Å². The molecule has 22 heavy (non-hydrogen) atoms. The number of ether oxygens (including phenoxy) is 2. The fourth-order valence-electron chi connectivity index (χ4n) is 1.65. The predicted molar refractivity (Wildman–Crippen MR) is 77.6 cm³/mol. The van der Waals surface area contributed by atoms with Gasteiger partial charge < -0.3 is 19.3 Å². The number of methoxy groups -OCH3 is 1. The molecule has 0 aliphatic rings. The van der Waals surface area contributed by atoms with Crippen LogP contribution in [0, 0.1) is 6.92 Å². The number of nitrogens with one attached hydrogen (secondary N) is 1. The summed E-state index contributed by atoms with van der Waals surface area (Å²) in [4.78, 5) is 19.9. The van der Waals surface area contributed by atoms with Crippen molar-refractivity contribution in [1.29, 1.82) is 0 Å². The van der Waals surface area contributed by atoms with Crippen LogP contribution in [0.1, 0.15) is 18.1 Å². The van der Waals surface area contributed by atoms with Gasteiger partial charge in [0.25, 0.3) is 0 Å². The van der Waals surface area contributed by atoms with Crippen LogP contribution in [0.3, 0.4) is 0 Å². The number of hydrogen-bond donors (Lipinski definition) is 1. The number of pyridine rings is 1. The van der Waals surface area contributed by atoms with E-state index in [1.54, 1.807) is 26.2 Å². The van der Waals surface area contributed by atoms with E-state index in [0.717, 1.165) is 0 Å². The fraction of sp³-hybridized carbons (Fsp3) is 0.429. The van der Waals surface area contributed by atoms with Crippen molar-refractivity contribution in [1.82, 2.24) is 15.1 Å². The molecule has 1 N–H and O–H groups in total. The summed E-state index contributed by atoms with van der Waals surface area (Å²) in [6.07, 6.45) is 2.20. The fourth-order valence-corrected chi connectivity index (χ4v) is 1.65. The monoisotopic (exact) mass is 306 g/mol. The Morgan fingerprint density at radius 2 is 2.23 bits per heavy atom. The lowest BCUT2D eigenvalue weighted by atomic mass is 10.3. The van der Waals surface area contributed by atoms with Crippen LogP contribution in [0.25, 0.3) is 0 Å². The Labute approximate surface area is 127 Å². The molecule has 0 radical (unpaired) electrons. The average molecular weight is 306 g/mol. The molecule has 8 nitrogen and oxygen atoms in total. The molecule has 2 rings (SSSR count). The predicted octanol–water partition coefficient (Wildman–Crippen LogP) is 1.37. The van der Waals surface area contributed by atoms with E-state index < -0.39 is 0 Å². The second-order valence-corrected chi connectivity index (χ2v) is 4.51. The van der Waals surface area contributed by atoms with Crippen molar-refractivity contribution in [2.75, 3.05) is 25.6 Å². The first-order valence-electron chi connectivity index (χ1n) is 6.84. The highest BCUT2D eigenvalue weighted by Crippen LogP contribution is 2.12. The van der Waals surface area contributed by atoms with Gasteiger partial charge in [-0.05, 0) is 13.0 Å². The first kappa shape index (κ1) is 15.9. The van der Waals surface area contributed by atoms with Gasteiger partial charge in [0.15, 0.2) is 5.82 Å². The SMILES string of the molecule is COCCOc1ccc(NC(=O)CCc2nc(C)no2)cn1. The van der Waals surface area contributed by atoms with Crippen molar-refractivity contribution in [2.24, 2.45) is 0 Å². The van der Waals surface area contributed by atoms with Gasteiger partial charge in [-0.3, -0.25) is 4.79 Å². The minimum Gasteiger partial charge on any atom is -0.475 e. The first-order valence-corrected chi connectivity index (χ1v) is 6.84. The van der Waals surface area contributed by atoms with Gasteiger partial charge >= 0.3 is 0 Å². The van der Waals surface area contributed by atoms with Gasteiger partial charge in [0, 0.05) is 26.0 Å². The zero-order valence-corrected chi connectivity index (χ0v) is 12.5. The molecular formula is C14H18N4O4. The van der Waals surface area contributed by atoms with E-state index in [9.17, 15) is 4.79 Å². The highest BCUT2D eigenvalue weighted by molar-refractivity contribution is 5.90. The number of amides is 1. The third kappa shape index (κ3) is 5.13. The molecule has 2 aromatic heterocycles. The Hall–Kier alpha value is -2.48. The minimum atomic E-state index is -0.147. The molecule has 0 aromatic carbocycles. The number of carbonyl (C=O) groups excluding carboxylic acids is 1. The summed E-state index contributed by atoms with van der Waals surface area (Å²) >= 11 is 0. The van der Waals surface area contributed by atoms with E-state index in [0.29, 0.717) is 42.9 Å². The number of rotatable bonds is 8. The lowest BCUT2D eigenvalue weighted by Gasteiger charge is -2.06. The highest BCUT2D eigenvalue weighted by atomic mass is 16.5. The van der Waals surface area contributed by atoms with Crippen LogP contribution in [0.5, 0.6) is 5.88 Å².